The fourth-order valence-corrected chi connectivity index (χ4v) is 2.57. The molecule has 2 atom stereocenters. The Kier molecular flexibility index (Phi) is 3.23. The van der Waals surface area contributed by atoms with Crippen molar-refractivity contribution >= 4 is 5.82 Å². The van der Waals surface area contributed by atoms with Crippen LogP contribution < -0.4 is 5.73 Å². The fraction of sp³-hybridized carbons (Fsp3) is 0.357. The molecule has 0 spiro atoms. The predicted octanol–water partition coefficient (Wildman–Crippen LogP) is 1.73. The van der Waals surface area contributed by atoms with E-state index < -0.39 is 6.10 Å². The molecule has 0 bridgehead atoms. The number of nitrogens with two attached hydrogens (primary N) is 1. The van der Waals surface area contributed by atoms with Crippen molar-refractivity contribution < 1.29 is 9.84 Å². The predicted molar refractivity (Wildman–Crippen MR) is 71.4 cm³/mol. The molecule has 1 aliphatic heterocycles. The summed E-state index contributed by atoms with van der Waals surface area (Å²) in [5.74, 6) is 0.414. The summed E-state index contributed by atoms with van der Waals surface area (Å²) < 4.78 is 5.78. The second-order valence-electron chi connectivity index (χ2n) is 4.80. The number of hydrogen-bond donors (Lipinski definition) is 3. The molecule has 100 valence electrons. The zero-order valence-electron chi connectivity index (χ0n) is 10.5. The summed E-state index contributed by atoms with van der Waals surface area (Å²) in [7, 11) is 0. The monoisotopic (exact) mass is 259 g/mol. The minimum Gasteiger partial charge on any atom is -0.388 e. The summed E-state index contributed by atoms with van der Waals surface area (Å²) in [5.41, 5.74) is 8.81. The molecule has 1 aliphatic rings. The second-order valence-corrected chi connectivity index (χ2v) is 4.80. The first-order valence-corrected chi connectivity index (χ1v) is 6.42. The molecule has 3 rings (SSSR count). The van der Waals surface area contributed by atoms with E-state index in [1.165, 1.54) is 5.56 Å². The van der Waals surface area contributed by atoms with E-state index in [2.05, 4.69) is 22.3 Å². The maximum absolute atomic E-state index is 10.2. The first-order valence-electron chi connectivity index (χ1n) is 6.42. The van der Waals surface area contributed by atoms with Gasteiger partial charge < -0.3 is 15.6 Å². The number of anilines is 1. The Hall–Kier alpha value is -1.85. The summed E-state index contributed by atoms with van der Waals surface area (Å²) >= 11 is 0. The number of nitrogens with zero attached hydrogens (tertiary/aromatic N) is 1. The molecule has 0 amide bonds. The maximum atomic E-state index is 10.2. The number of aromatic nitrogens is 2. The van der Waals surface area contributed by atoms with Crippen LogP contribution in [0.25, 0.3) is 0 Å². The summed E-state index contributed by atoms with van der Waals surface area (Å²) in [6.07, 6.45) is 2.22. The summed E-state index contributed by atoms with van der Waals surface area (Å²) in [5, 5.41) is 16.7. The van der Waals surface area contributed by atoms with Gasteiger partial charge in [0.15, 0.2) is 0 Å². The highest BCUT2D eigenvalue weighted by Gasteiger charge is 2.25. The van der Waals surface area contributed by atoms with E-state index in [1.807, 2.05) is 12.1 Å². The molecule has 0 saturated heterocycles. The van der Waals surface area contributed by atoms with Gasteiger partial charge in [-0.25, -0.2) is 0 Å². The highest BCUT2D eigenvalue weighted by Crippen LogP contribution is 2.35. The smallest absolute Gasteiger partial charge is 0.124 e. The van der Waals surface area contributed by atoms with Crippen molar-refractivity contribution in [3.05, 3.63) is 47.2 Å². The molecule has 1 aromatic carbocycles. The van der Waals surface area contributed by atoms with Crippen LogP contribution in [0.3, 0.4) is 0 Å². The minimum atomic E-state index is -0.671. The number of aliphatic hydroxyl groups excluding tert-OH is 1. The molecule has 2 heterocycles. The zero-order valence-corrected chi connectivity index (χ0v) is 10.5. The van der Waals surface area contributed by atoms with E-state index >= 15 is 0 Å². The number of fused-ring (bicyclic) bond motifs is 1. The van der Waals surface area contributed by atoms with E-state index in [9.17, 15) is 5.11 Å². The van der Waals surface area contributed by atoms with Crippen LogP contribution >= 0.6 is 0 Å². The lowest BCUT2D eigenvalue weighted by molar-refractivity contribution is 0.00394. The van der Waals surface area contributed by atoms with Gasteiger partial charge in [0.1, 0.15) is 5.82 Å². The number of ether oxygens (including phenoxy) is 1. The minimum absolute atomic E-state index is 0.0887. The number of nitrogens with one attached hydrogen (secondary N) is 1. The topological polar surface area (TPSA) is 84.2 Å². The van der Waals surface area contributed by atoms with Crippen molar-refractivity contribution in [3.8, 4) is 0 Å². The third kappa shape index (κ3) is 2.34. The van der Waals surface area contributed by atoms with Gasteiger partial charge in [0.2, 0.25) is 0 Å². The number of aromatic amines is 1. The van der Waals surface area contributed by atoms with Crippen LogP contribution in [0.1, 0.15) is 35.3 Å². The van der Waals surface area contributed by atoms with Crippen LogP contribution in [0.5, 0.6) is 0 Å². The molecule has 1 aromatic heterocycles. The SMILES string of the molecule is Nc1[nH]ncc1C(O)CC1OCCc2ccccc21. The van der Waals surface area contributed by atoms with E-state index in [4.69, 9.17) is 10.5 Å². The highest BCUT2D eigenvalue weighted by molar-refractivity contribution is 5.39. The van der Waals surface area contributed by atoms with Gasteiger partial charge >= 0.3 is 0 Å². The lowest BCUT2D eigenvalue weighted by atomic mass is 9.93. The first kappa shape index (κ1) is 12.2. The lowest BCUT2D eigenvalue weighted by Gasteiger charge is -2.27. The van der Waals surface area contributed by atoms with E-state index in [0.29, 0.717) is 24.4 Å². The summed E-state index contributed by atoms with van der Waals surface area (Å²) in [6, 6.07) is 8.21. The molecule has 2 unspecified atom stereocenters. The molecule has 0 radical (unpaired) electrons. The first-order chi connectivity index (χ1) is 9.25. The van der Waals surface area contributed by atoms with Gasteiger partial charge in [0, 0.05) is 12.0 Å². The van der Waals surface area contributed by atoms with Crippen molar-refractivity contribution in [2.24, 2.45) is 0 Å². The molecule has 19 heavy (non-hydrogen) atoms. The Morgan fingerprint density at radius 1 is 1.47 bits per heavy atom. The van der Waals surface area contributed by atoms with Crippen molar-refractivity contribution in [2.75, 3.05) is 12.3 Å². The highest BCUT2D eigenvalue weighted by atomic mass is 16.5. The Morgan fingerprint density at radius 3 is 3.11 bits per heavy atom. The number of H-pyrrole nitrogens is 1. The molecule has 2 aromatic rings. The van der Waals surface area contributed by atoms with Gasteiger partial charge in [0.25, 0.3) is 0 Å². The van der Waals surface area contributed by atoms with Crippen LogP contribution in [-0.4, -0.2) is 21.9 Å². The number of hydrogen-bond acceptors (Lipinski definition) is 4. The second kappa shape index (κ2) is 5.03. The van der Waals surface area contributed by atoms with Gasteiger partial charge in [-0.05, 0) is 17.5 Å². The average molecular weight is 259 g/mol. The summed E-state index contributed by atoms with van der Waals surface area (Å²) in [4.78, 5) is 0. The van der Waals surface area contributed by atoms with Gasteiger partial charge in [-0.1, -0.05) is 24.3 Å². The lowest BCUT2D eigenvalue weighted by Crippen LogP contribution is -2.18. The number of aliphatic hydroxyl groups is 1. The van der Waals surface area contributed by atoms with Crippen molar-refractivity contribution in [1.82, 2.24) is 10.2 Å². The van der Waals surface area contributed by atoms with Gasteiger partial charge in [-0.3, -0.25) is 5.10 Å². The van der Waals surface area contributed by atoms with E-state index in [0.717, 1.165) is 12.0 Å². The molecule has 0 fully saturated rings. The Balaban J connectivity index is 1.80. The van der Waals surface area contributed by atoms with Crippen LogP contribution in [0, 0.1) is 0 Å². The van der Waals surface area contributed by atoms with E-state index in [1.54, 1.807) is 6.20 Å². The zero-order chi connectivity index (χ0) is 13.2. The van der Waals surface area contributed by atoms with Gasteiger partial charge in [0.05, 0.1) is 25.0 Å². The van der Waals surface area contributed by atoms with E-state index in [-0.39, 0.29) is 6.10 Å². The molecule has 5 heteroatoms. The molecule has 4 N–H and O–H groups in total. The fourth-order valence-electron chi connectivity index (χ4n) is 2.57. The standard InChI is InChI=1S/C14H17N3O2/c15-14-11(8-16-17-14)12(18)7-13-10-4-2-1-3-9(10)5-6-19-13/h1-4,8,12-13,18H,5-7H2,(H3,15,16,17). The van der Waals surface area contributed by atoms with Crippen LogP contribution in [0.2, 0.25) is 0 Å². The van der Waals surface area contributed by atoms with Crippen molar-refractivity contribution in [2.45, 2.75) is 25.0 Å². The van der Waals surface area contributed by atoms with Crippen molar-refractivity contribution in [3.63, 3.8) is 0 Å². The van der Waals surface area contributed by atoms with Crippen molar-refractivity contribution in [1.29, 1.82) is 0 Å². The molecular formula is C14H17N3O2. The normalized spacial score (nSPS) is 19.9. The Labute approximate surface area is 111 Å². The van der Waals surface area contributed by atoms with Gasteiger partial charge in [-0.2, -0.15) is 5.10 Å². The number of rotatable bonds is 3. The largest absolute Gasteiger partial charge is 0.388 e. The quantitative estimate of drug-likeness (QED) is 0.783. The van der Waals surface area contributed by atoms with Gasteiger partial charge in [-0.15, -0.1) is 0 Å². The van der Waals surface area contributed by atoms with Crippen LogP contribution in [-0.2, 0) is 11.2 Å². The molecule has 5 nitrogen and oxygen atoms in total. The third-order valence-corrected chi connectivity index (χ3v) is 3.59. The van der Waals surface area contributed by atoms with Crippen LogP contribution in [0.15, 0.2) is 30.5 Å². The number of nitrogen functional groups attached to an aromatic ring is 1. The molecular weight excluding hydrogens is 242 g/mol. The molecule has 0 aliphatic carbocycles. The van der Waals surface area contributed by atoms with Crippen LogP contribution in [0.4, 0.5) is 5.82 Å². The average Bonchev–Trinajstić information content (AvgIpc) is 2.85. The maximum Gasteiger partial charge on any atom is 0.124 e. The number of benzene rings is 1. The Morgan fingerprint density at radius 2 is 2.32 bits per heavy atom. The third-order valence-electron chi connectivity index (χ3n) is 3.59. The Bertz CT molecular complexity index is 567. The summed E-state index contributed by atoms with van der Waals surface area (Å²) in [6.45, 7) is 0.690. The molecule has 0 saturated carbocycles.